The number of hydrogen-bond donors (Lipinski definition) is 4. The molecule has 0 saturated carbocycles. The van der Waals surface area contributed by atoms with Crippen LogP contribution in [0.5, 0.6) is 23.0 Å². The van der Waals surface area contributed by atoms with Crippen molar-refractivity contribution in [3.63, 3.8) is 0 Å². The van der Waals surface area contributed by atoms with E-state index in [0.29, 0.717) is 83.9 Å². The van der Waals surface area contributed by atoms with Gasteiger partial charge in [0.1, 0.15) is 23.0 Å². The van der Waals surface area contributed by atoms with Crippen LogP contribution in [0.3, 0.4) is 0 Å². The van der Waals surface area contributed by atoms with Gasteiger partial charge in [0.25, 0.3) is 0 Å². The molecule has 16 heteroatoms. The molecule has 0 fully saturated rings. The molecule has 0 heterocycles. The van der Waals surface area contributed by atoms with Gasteiger partial charge in [-0.05, 0) is 87.5 Å². The Morgan fingerprint density at radius 3 is 1.00 bits per heavy atom. The second-order valence-electron chi connectivity index (χ2n) is 13.6. The van der Waals surface area contributed by atoms with Crippen LogP contribution >= 0.6 is 0 Å². The fraction of sp³-hybridized carbons (Fsp3) is 0.163. The molecule has 59 heavy (non-hydrogen) atoms. The van der Waals surface area contributed by atoms with Gasteiger partial charge in [-0.15, -0.1) is 0 Å². The Bertz CT molecular complexity index is 2260. The lowest BCUT2D eigenvalue weighted by Gasteiger charge is -2.39. The van der Waals surface area contributed by atoms with Gasteiger partial charge in [-0.2, -0.15) is 52.7 Å². The van der Waals surface area contributed by atoms with Gasteiger partial charge < -0.3 is 20.4 Å². The molecule has 0 radical (unpaired) electrons. The van der Waals surface area contributed by atoms with E-state index in [1.807, 2.05) is 0 Å². The Balaban J connectivity index is 1.71. The summed E-state index contributed by atoms with van der Waals surface area (Å²) in [5.41, 5.74) is -16.7. The summed E-state index contributed by atoms with van der Waals surface area (Å²) in [6.45, 7) is 0. The lowest BCUT2D eigenvalue weighted by Crippen LogP contribution is -2.54. The maximum absolute atomic E-state index is 15.2. The zero-order chi connectivity index (χ0) is 43.3. The van der Waals surface area contributed by atoms with Gasteiger partial charge in [-0.25, -0.2) is 0 Å². The van der Waals surface area contributed by atoms with Crippen molar-refractivity contribution < 1.29 is 73.1 Å². The van der Waals surface area contributed by atoms with Crippen molar-refractivity contribution in [2.75, 3.05) is 0 Å². The predicted molar refractivity (Wildman–Crippen MR) is 191 cm³/mol. The minimum Gasteiger partial charge on any atom is -0.508 e. The van der Waals surface area contributed by atoms with E-state index in [9.17, 15) is 20.4 Å². The van der Waals surface area contributed by atoms with Crippen LogP contribution in [-0.4, -0.2) is 45.1 Å². The highest BCUT2D eigenvalue weighted by molar-refractivity contribution is 5.65. The first kappa shape index (κ1) is 42.3. The fourth-order valence-electron chi connectivity index (χ4n) is 7.45. The van der Waals surface area contributed by atoms with E-state index >= 15 is 52.7 Å². The molecule has 6 aromatic carbocycles. The van der Waals surface area contributed by atoms with E-state index in [0.717, 1.165) is 0 Å². The Labute approximate surface area is 326 Å². The van der Waals surface area contributed by atoms with Gasteiger partial charge >= 0.3 is 24.7 Å². The maximum Gasteiger partial charge on any atom is 0.411 e. The number of hydrogen-bond acceptors (Lipinski definition) is 4. The number of halogens is 12. The molecule has 0 amide bonds. The van der Waals surface area contributed by atoms with Gasteiger partial charge in [0.05, 0.1) is 0 Å². The summed E-state index contributed by atoms with van der Waals surface area (Å²) in [6.07, 6.45) is -24.8. The summed E-state index contributed by atoms with van der Waals surface area (Å²) >= 11 is 0. The third-order valence-electron chi connectivity index (χ3n) is 10.2. The van der Waals surface area contributed by atoms with E-state index in [-0.39, 0.29) is 17.7 Å². The first-order chi connectivity index (χ1) is 27.4. The zero-order valence-corrected chi connectivity index (χ0v) is 29.7. The third kappa shape index (κ3) is 7.14. The Morgan fingerprint density at radius 2 is 0.661 bits per heavy atom. The molecular weight excluding hydrogens is 808 g/mol. The summed E-state index contributed by atoms with van der Waals surface area (Å²) in [6, 6.07) is 19.5. The molecule has 4 N–H and O–H groups in total. The van der Waals surface area contributed by atoms with Crippen molar-refractivity contribution >= 4 is 0 Å². The SMILES string of the molecule is Oc1ccc(C(c2ccc(O)c(C(c3ccc(-c4ccccc4)cc3)c3cc(C(c4ccc(O)cc4)(C(F)(F)F)C(F)(F)F)ccc3O)c2)(C(F)(F)F)C(F)(F)F)cc1. The second-order valence-corrected chi connectivity index (χ2v) is 13.6. The minimum atomic E-state index is -6.20. The average molecular weight is 837 g/mol. The molecule has 0 aliphatic carbocycles. The maximum atomic E-state index is 15.2. The van der Waals surface area contributed by atoms with Crippen molar-refractivity contribution in [1.29, 1.82) is 0 Å². The molecule has 0 unspecified atom stereocenters. The number of phenols is 4. The van der Waals surface area contributed by atoms with Crippen molar-refractivity contribution in [3.8, 4) is 34.1 Å². The van der Waals surface area contributed by atoms with Crippen LogP contribution in [0.1, 0.15) is 44.9 Å². The largest absolute Gasteiger partial charge is 0.508 e. The highest BCUT2D eigenvalue weighted by Crippen LogP contribution is 2.59. The van der Waals surface area contributed by atoms with E-state index < -0.39 is 97.8 Å². The van der Waals surface area contributed by atoms with Crippen LogP contribution in [0.4, 0.5) is 52.7 Å². The van der Waals surface area contributed by atoms with Gasteiger partial charge in [0.15, 0.2) is 0 Å². The predicted octanol–water partition coefficient (Wildman–Crippen LogP) is 12.2. The number of phenolic OH excluding ortho intramolecular Hbond substituents is 4. The van der Waals surface area contributed by atoms with Crippen molar-refractivity contribution in [3.05, 3.63) is 178 Å². The van der Waals surface area contributed by atoms with Crippen LogP contribution in [-0.2, 0) is 10.8 Å². The van der Waals surface area contributed by atoms with Crippen LogP contribution in [0.2, 0.25) is 0 Å². The molecule has 0 aliphatic heterocycles. The monoisotopic (exact) mass is 836 g/mol. The Morgan fingerprint density at radius 1 is 0.339 bits per heavy atom. The summed E-state index contributed by atoms with van der Waals surface area (Å²) in [5.74, 6) is -5.51. The summed E-state index contributed by atoms with van der Waals surface area (Å²) in [4.78, 5) is 0. The average Bonchev–Trinajstić information content (AvgIpc) is 3.14. The third-order valence-corrected chi connectivity index (χ3v) is 10.2. The number of alkyl halides is 12. The molecule has 0 saturated heterocycles. The first-order valence-electron chi connectivity index (χ1n) is 17.1. The molecule has 6 aromatic rings. The molecule has 0 spiro atoms. The standard InChI is InChI=1S/C43H28F12O4/c44-40(45,46)38(41(47,48)49,27-10-16-31(56)17-11-27)29-14-20-35(58)33(22-29)37(26-8-6-25(7-9-26)24-4-2-1-3-5-24)34-23-30(15-21-36(34)59)39(42(50,51)52,43(53,54)55)28-12-18-32(57)19-13-28/h1-23,37,56-59H. The van der Waals surface area contributed by atoms with Crippen molar-refractivity contribution in [2.24, 2.45) is 0 Å². The molecule has 4 nitrogen and oxygen atoms in total. The topological polar surface area (TPSA) is 80.9 Å². The van der Waals surface area contributed by atoms with Crippen molar-refractivity contribution in [2.45, 2.75) is 41.5 Å². The highest BCUT2D eigenvalue weighted by Gasteiger charge is 2.74. The summed E-state index contributed by atoms with van der Waals surface area (Å²) in [5, 5.41) is 42.0. The fourth-order valence-corrected chi connectivity index (χ4v) is 7.45. The van der Waals surface area contributed by atoms with E-state index in [1.165, 1.54) is 24.3 Å². The molecule has 0 aliphatic rings. The smallest absolute Gasteiger partial charge is 0.411 e. The molecule has 0 aromatic heterocycles. The zero-order valence-electron chi connectivity index (χ0n) is 29.7. The summed E-state index contributed by atoms with van der Waals surface area (Å²) < 4.78 is 182. The van der Waals surface area contributed by atoms with Crippen LogP contribution in [0.25, 0.3) is 11.1 Å². The van der Waals surface area contributed by atoms with E-state index in [2.05, 4.69) is 0 Å². The van der Waals surface area contributed by atoms with Crippen LogP contribution in [0, 0.1) is 0 Å². The van der Waals surface area contributed by atoms with Gasteiger partial charge in [0, 0.05) is 17.0 Å². The quantitative estimate of drug-likeness (QED) is 0.0909. The van der Waals surface area contributed by atoms with Gasteiger partial charge in [-0.3, -0.25) is 0 Å². The Kier molecular flexibility index (Phi) is 10.6. The summed E-state index contributed by atoms with van der Waals surface area (Å²) in [7, 11) is 0. The number of benzene rings is 6. The molecule has 0 bridgehead atoms. The lowest BCUT2D eigenvalue weighted by molar-refractivity contribution is -0.290. The molecular formula is C43H28F12O4. The number of aromatic hydroxyl groups is 4. The lowest BCUT2D eigenvalue weighted by atomic mass is 9.70. The first-order valence-corrected chi connectivity index (χ1v) is 17.1. The molecule has 308 valence electrons. The van der Waals surface area contributed by atoms with E-state index in [1.54, 1.807) is 30.3 Å². The highest BCUT2D eigenvalue weighted by atomic mass is 19.4. The second kappa shape index (κ2) is 14.8. The molecule has 0 atom stereocenters. The van der Waals surface area contributed by atoms with Crippen LogP contribution < -0.4 is 0 Å². The Hall–Kier alpha value is -6.32. The minimum absolute atomic E-state index is 0.201. The van der Waals surface area contributed by atoms with Gasteiger partial charge in [0.2, 0.25) is 10.8 Å². The van der Waals surface area contributed by atoms with Crippen LogP contribution in [0.15, 0.2) is 140 Å². The van der Waals surface area contributed by atoms with Gasteiger partial charge in [-0.1, -0.05) is 91.0 Å². The number of rotatable bonds is 8. The molecule has 6 rings (SSSR count). The normalized spacial score (nSPS) is 13.2. The van der Waals surface area contributed by atoms with Crippen molar-refractivity contribution in [1.82, 2.24) is 0 Å². The van der Waals surface area contributed by atoms with E-state index in [4.69, 9.17) is 0 Å².